The fourth-order valence-electron chi connectivity index (χ4n) is 6.63. The molecule has 4 nitrogen and oxygen atoms in total. The molecule has 0 N–H and O–H groups in total. The molecule has 1 saturated heterocycles. The van der Waals surface area contributed by atoms with Gasteiger partial charge in [-0.05, 0) is 85.8 Å². The third-order valence-corrected chi connectivity index (χ3v) is 7.55. The molecule has 150 valence electrons. The lowest BCUT2D eigenvalue weighted by Gasteiger charge is -2.57. The molecule has 4 saturated carbocycles. The average molecular weight is 382 g/mol. The topological polar surface area (TPSA) is 38.8 Å². The van der Waals surface area contributed by atoms with Crippen LogP contribution in [-0.2, 0) is 14.9 Å². The van der Waals surface area contributed by atoms with Gasteiger partial charge in [-0.2, -0.15) is 0 Å². The normalized spacial score (nSPS) is 34.2. The van der Waals surface area contributed by atoms with E-state index in [1.54, 1.807) is 4.90 Å². The molecule has 4 heteroatoms. The number of carbonyl (C=O) groups excluding carboxylic acids is 1. The first kappa shape index (κ1) is 18.2. The van der Waals surface area contributed by atoms with Crippen molar-refractivity contribution in [3.8, 4) is 5.75 Å². The van der Waals surface area contributed by atoms with Crippen LogP contribution in [0.4, 0.5) is 0 Å². The van der Waals surface area contributed by atoms with Crippen molar-refractivity contribution in [2.45, 2.75) is 50.9 Å². The number of rotatable bonds is 4. The number of benzene rings is 1. The Morgan fingerprint density at radius 2 is 1.75 bits per heavy atom. The largest absolute Gasteiger partial charge is 0.465 e. The first-order valence-electron chi connectivity index (χ1n) is 10.9. The number of carbonyl (C=O) groups is 1. The summed E-state index contributed by atoms with van der Waals surface area (Å²) in [6, 6.07) is 6.74. The minimum atomic E-state index is -0.00820. The molecule has 5 aliphatic rings. The molecule has 0 unspecified atom stereocenters. The smallest absolute Gasteiger partial charge is 0.249 e. The van der Waals surface area contributed by atoms with Crippen LogP contribution in [0.2, 0.25) is 0 Å². The maximum atomic E-state index is 12.2. The maximum absolute atomic E-state index is 12.2. The Labute approximate surface area is 167 Å². The third-order valence-electron chi connectivity index (χ3n) is 7.55. The minimum Gasteiger partial charge on any atom is -0.465 e. The van der Waals surface area contributed by atoms with Crippen molar-refractivity contribution >= 4 is 5.91 Å². The van der Waals surface area contributed by atoms with Crippen molar-refractivity contribution in [2.24, 2.45) is 17.8 Å². The molecule has 1 amide bonds. The van der Waals surface area contributed by atoms with Gasteiger partial charge in [0, 0.05) is 19.2 Å². The Morgan fingerprint density at radius 3 is 2.36 bits per heavy atom. The molecule has 1 aliphatic heterocycles. The number of nitrogens with zero attached hydrogens (tertiary/aromatic N) is 1. The molecule has 1 heterocycles. The van der Waals surface area contributed by atoms with Gasteiger partial charge in [-0.25, -0.2) is 0 Å². The molecule has 4 aliphatic carbocycles. The fourth-order valence-corrected chi connectivity index (χ4v) is 6.63. The highest BCUT2D eigenvalue weighted by molar-refractivity contribution is 5.87. The lowest BCUT2D eigenvalue weighted by molar-refractivity contribution is -0.130. The molecule has 28 heavy (non-hydrogen) atoms. The first-order valence-corrected chi connectivity index (χ1v) is 10.9. The van der Waals surface area contributed by atoms with Gasteiger partial charge in [0.25, 0.3) is 0 Å². The standard InChI is InChI=1S/C24H31NO3/c1-17-10-21(24-14-18-11-19(15-24)13-20(12-18)16-24)2-3-22(17)28-7-4-23(26)25-5-8-27-9-6-25/h2-4,7,10,18-20H,5-6,8-9,11-16H2,1H3/b7-4+. The van der Waals surface area contributed by atoms with Crippen LogP contribution in [0.3, 0.4) is 0 Å². The van der Waals surface area contributed by atoms with Crippen LogP contribution in [0.25, 0.3) is 0 Å². The Kier molecular flexibility index (Phi) is 4.70. The molecule has 4 bridgehead atoms. The molecule has 0 spiro atoms. The van der Waals surface area contributed by atoms with Crippen LogP contribution in [0, 0.1) is 24.7 Å². The second-order valence-corrected chi connectivity index (χ2v) is 9.54. The Bertz CT molecular complexity index is 743. The molecular weight excluding hydrogens is 350 g/mol. The highest BCUT2D eigenvalue weighted by atomic mass is 16.5. The number of hydrogen-bond acceptors (Lipinski definition) is 3. The molecule has 6 rings (SSSR count). The van der Waals surface area contributed by atoms with Crippen LogP contribution in [0.1, 0.15) is 49.7 Å². The number of morpholine rings is 1. The highest BCUT2D eigenvalue weighted by Gasteiger charge is 2.51. The van der Waals surface area contributed by atoms with Crippen LogP contribution in [0.15, 0.2) is 30.5 Å². The molecule has 1 aromatic carbocycles. The number of ether oxygens (including phenoxy) is 2. The van der Waals surface area contributed by atoms with E-state index in [9.17, 15) is 4.79 Å². The lowest BCUT2D eigenvalue weighted by Crippen LogP contribution is -2.48. The van der Waals surface area contributed by atoms with E-state index in [1.165, 1.54) is 56.4 Å². The van der Waals surface area contributed by atoms with Gasteiger partial charge in [0.15, 0.2) is 0 Å². The lowest BCUT2D eigenvalue weighted by atomic mass is 9.48. The monoisotopic (exact) mass is 381 g/mol. The van der Waals surface area contributed by atoms with Gasteiger partial charge in [-0.15, -0.1) is 0 Å². The zero-order valence-corrected chi connectivity index (χ0v) is 16.9. The molecule has 1 aromatic rings. The zero-order chi connectivity index (χ0) is 19.1. The Balaban J connectivity index is 1.27. The minimum absolute atomic E-state index is 0.00820. The molecule has 5 fully saturated rings. The zero-order valence-electron chi connectivity index (χ0n) is 16.9. The quantitative estimate of drug-likeness (QED) is 0.579. The first-order chi connectivity index (χ1) is 13.6. The van der Waals surface area contributed by atoms with Crippen LogP contribution in [0.5, 0.6) is 5.75 Å². The van der Waals surface area contributed by atoms with Crippen molar-refractivity contribution in [1.82, 2.24) is 4.90 Å². The molecule has 0 atom stereocenters. The van der Waals surface area contributed by atoms with Gasteiger partial charge in [0.05, 0.1) is 19.5 Å². The summed E-state index contributed by atoms with van der Waals surface area (Å²) in [4.78, 5) is 14.0. The summed E-state index contributed by atoms with van der Waals surface area (Å²) in [7, 11) is 0. The summed E-state index contributed by atoms with van der Waals surface area (Å²) in [6.07, 6.45) is 11.6. The van der Waals surface area contributed by atoms with E-state index < -0.39 is 0 Å². The van der Waals surface area contributed by atoms with Gasteiger partial charge >= 0.3 is 0 Å². The van der Waals surface area contributed by atoms with Gasteiger partial charge in [-0.3, -0.25) is 4.79 Å². The summed E-state index contributed by atoms with van der Waals surface area (Å²) in [5.41, 5.74) is 3.10. The number of hydrogen-bond donors (Lipinski definition) is 0. The van der Waals surface area contributed by atoms with Crippen LogP contribution >= 0.6 is 0 Å². The second-order valence-electron chi connectivity index (χ2n) is 9.54. The highest BCUT2D eigenvalue weighted by Crippen LogP contribution is 2.60. The number of aryl methyl sites for hydroxylation is 1. The van der Waals surface area contributed by atoms with Crippen molar-refractivity contribution in [3.63, 3.8) is 0 Å². The Hall–Kier alpha value is -1.81. The van der Waals surface area contributed by atoms with Crippen LogP contribution < -0.4 is 4.74 Å². The van der Waals surface area contributed by atoms with Crippen LogP contribution in [-0.4, -0.2) is 37.1 Å². The SMILES string of the molecule is Cc1cc(C23CC4CC(CC(C4)C2)C3)ccc1O/C=C/C(=O)N1CCOCC1. The van der Waals surface area contributed by atoms with E-state index >= 15 is 0 Å². The van der Waals surface area contributed by atoms with Gasteiger partial charge in [0.1, 0.15) is 5.75 Å². The maximum Gasteiger partial charge on any atom is 0.249 e. The summed E-state index contributed by atoms with van der Waals surface area (Å²) in [5.74, 6) is 3.70. The fraction of sp³-hybridized carbons (Fsp3) is 0.625. The van der Waals surface area contributed by atoms with Crippen molar-refractivity contribution in [1.29, 1.82) is 0 Å². The summed E-state index contributed by atoms with van der Waals surface area (Å²) < 4.78 is 11.1. The molecular formula is C24H31NO3. The van der Waals surface area contributed by atoms with Gasteiger partial charge < -0.3 is 14.4 Å². The van der Waals surface area contributed by atoms with Gasteiger partial charge in [-0.1, -0.05) is 12.1 Å². The molecule has 0 radical (unpaired) electrons. The predicted molar refractivity (Wildman–Crippen MR) is 108 cm³/mol. The third kappa shape index (κ3) is 3.36. The average Bonchev–Trinajstić information content (AvgIpc) is 2.68. The van der Waals surface area contributed by atoms with E-state index in [-0.39, 0.29) is 5.91 Å². The summed E-state index contributed by atoms with van der Waals surface area (Å²) in [6.45, 7) is 4.66. The number of amides is 1. The predicted octanol–water partition coefficient (Wildman–Crippen LogP) is 4.21. The summed E-state index contributed by atoms with van der Waals surface area (Å²) in [5, 5.41) is 0. The second kappa shape index (κ2) is 7.22. The molecule has 0 aromatic heterocycles. The van der Waals surface area contributed by atoms with Crippen molar-refractivity contribution < 1.29 is 14.3 Å². The Morgan fingerprint density at radius 1 is 1.11 bits per heavy atom. The van der Waals surface area contributed by atoms with Gasteiger partial charge in [0.2, 0.25) is 5.91 Å². The van der Waals surface area contributed by atoms with E-state index in [0.717, 1.165) is 29.1 Å². The van der Waals surface area contributed by atoms with Crippen molar-refractivity contribution in [2.75, 3.05) is 26.3 Å². The summed E-state index contributed by atoms with van der Waals surface area (Å²) >= 11 is 0. The van der Waals surface area contributed by atoms with Crippen molar-refractivity contribution in [3.05, 3.63) is 41.7 Å². The van der Waals surface area contributed by atoms with E-state index in [1.807, 2.05) is 0 Å². The van der Waals surface area contributed by atoms with E-state index in [4.69, 9.17) is 9.47 Å². The van der Waals surface area contributed by atoms with E-state index in [2.05, 4.69) is 25.1 Å². The van der Waals surface area contributed by atoms with E-state index in [0.29, 0.717) is 31.7 Å².